The highest BCUT2D eigenvalue weighted by molar-refractivity contribution is 6.32. The van der Waals surface area contributed by atoms with Gasteiger partial charge in [0.25, 0.3) is 0 Å². The van der Waals surface area contributed by atoms with Crippen LogP contribution < -0.4 is 14.2 Å². The number of hydrogen-bond acceptors (Lipinski definition) is 24. The number of rotatable bonds is 23. The molecule has 105 heavy (non-hydrogen) atoms. The van der Waals surface area contributed by atoms with E-state index >= 15 is 0 Å². The van der Waals surface area contributed by atoms with Crippen molar-refractivity contribution >= 4 is 58.7 Å². The van der Waals surface area contributed by atoms with Crippen LogP contribution in [0.5, 0.6) is 17.2 Å². The van der Waals surface area contributed by atoms with Crippen molar-refractivity contribution in [1.29, 1.82) is 0 Å². The van der Waals surface area contributed by atoms with Gasteiger partial charge in [0.2, 0.25) is 0 Å². The summed E-state index contributed by atoms with van der Waals surface area (Å²) in [5.74, 6) is -0.291. The number of carbonyl (C=O) groups excluding carboxylic acids is 4. The van der Waals surface area contributed by atoms with Crippen molar-refractivity contribution in [2.24, 2.45) is 0 Å². The fourth-order valence-electron chi connectivity index (χ4n) is 11.2. The summed E-state index contributed by atoms with van der Waals surface area (Å²) in [4.78, 5) is 47.8. The van der Waals surface area contributed by atoms with Crippen molar-refractivity contribution in [3.8, 4) is 17.2 Å². The number of benzene rings is 6. The van der Waals surface area contributed by atoms with Gasteiger partial charge in [-0.05, 0) is 152 Å². The minimum Gasteiger partial charge on any atom is -0.494 e. The molecule has 3 aliphatic rings. The van der Waals surface area contributed by atoms with Gasteiger partial charge in [-0.15, -0.1) is 0 Å². The van der Waals surface area contributed by atoms with Crippen LogP contribution in [0.1, 0.15) is 146 Å². The number of ether oxygens (including phenoxy) is 10. The molecule has 0 aliphatic carbocycles. The van der Waals surface area contributed by atoms with E-state index in [1.165, 1.54) is 34.6 Å². The smallest absolute Gasteiger partial charge is 0.303 e. The molecule has 3 aliphatic heterocycles. The van der Waals surface area contributed by atoms with E-state index in [1.54, 1.807) is 42.5 Å². The molecule has 0 aromatic heterocycles. The molecule has 584 valence electrons. The van der Waals surface area contributed by atoms with E-state index < -0.39 is 135 Å². The Morgan fingerprint density at radius 2 is 0.714 bits per heavy atom. The van der Waals surface area contributed by atoms with E-state index in [2.05, 4.69) is 0 Å². The molecular formula is C77H105Cl3O25. The van der Waals surface area contributed by atoms with Crippen LogP contribution >= 0.6 is 34.8 Å². The van der Waals surface area contributed by atoms with Crippen molar-refractivity contribution in [3.05, 3.63) is 193 Å². The summed E-state index contributed by atoms with van der Waals surface area (Å²) in [5, 5.41) is 97.0. The lowest BCUT2D eigenvalue weighted by Crippen LogP contribution is -2.59. The summed E-state index contributed by atoms with van der Waals surface area (Å²) >= 11 is 19.2. The molecule has 3 saturated heterocycles. The quantitative estimate of drug-likeness (QED) is 0.0213. The van der Waals surface area contributed by atoms with Crippen molar-refractivity contribution in [2.45, 2.75) is 195 Å². The van der Waals surface area contributed by atoms with Crippen LogP contribution in [0.2, 0.25) is 15.1 Å². The second-order valence-corrected chi connectivity index (χ2v) is 25.2. The fraction of sp³-hybridized carbons (Fsp3) is 0.481. The Bertz CT molecular complexity index is 3430. The molecule has 3 heterocycles. The molecule has 0 spiro atoms. The summed E-state index contributed by atoms with van der Waals surface area (Å²) in [6.45, 7) is 12.5. The Labute approximate surface area is 629 Å². The van der Waals surface area contributed by atoms with Crippen molar-refractivity contribution in [2.75, 3.05) is 46.2 Å². The second kappa shape index (κ2) is 46.2. The standard InChI is InChI=1S/C29H33ClO10.2C21H25ClO6.C3H8O2.3CH4.H2O/c1-6-35-23-10-7-20(8-11-23)13-22-14-21(9-12-24(22)30)26-28(38-18(4)33)29(39-19(5)34)27(37-17(3)32)25(40-26)15-36-16(2)31;2*1-2-27-15-6-3-12(4-7-15)9-14-10-13(5-8-16(14)22)21-20(26)19(25)18(24)17(11-23)28-21;1-3(5)2-4;;;;/h7-12,14,25-29H,6,13,15H2,1-5H3;2*3-8,10,17-21,23-26H,2,9,11H2,1H3;3-5H,2H2,1H3;3*1H4;1H2/t25-,26+,27-,28+,29+;2*17-,18-,19+,20-,21+;3-;;;;/m1110..../s1. The number of carbonyl (C=O) groups is 4. The van der Waals surface area contributed by atoms with Gasteiger partial charge in [-0.3, -0.25) is 19.2 Å². The molecule has 0 amide bonds. The zero-order valence-corrected chi connectivity index (χ0v) is 60.0. The van der Waals surface area contributed by atoms with Crippen LogP contribution in [0.15, 0.2) is 127 Å². The average Bonchev–Trinajstić information content (AvgIpc) is 0.777. The summed E-state index contributed by atoms with van der Waals surface area (Å²) < 4.78 is 55.7. The molecule has 28 heteroatoms. The van der Waals surface area contributed by atoms with E-state index in [0.29, 0.717) is 70.8 Å². The van der Waals surface area contributed by atoms with Gasteiger partial charge in [-0.25, -0.2) is 0 Å². The SMILES string of the molecule is C.C.C.CCOc1ccc(Cc2cc([C@@H]3O[C@H](CO)[C@@H](O)[C@H](O)[C@H]3O)ccc2Cl)cc1.CCOc1ccc(Cc2cc([C@@H]3O[C@H](CO)[C@@H](O)[C@H](O)[C@H]3O)ccc2Cl)cc1.CCOc1ccc(Cc2cc([C@@H]3O[C@H](COC(C)=O)[C@@H](OC(C)=O)[C@H](OC(C)=O)[C@H]3OC(C)=O)ccc2Cl)cc1.C[C@H](O)CO.O. The maximum atomic E-state index is 12.2. The normalized spacial score (nSPS) is 23.8. The molecular weight excluding hydrogens is 1430 g/mol. The zero-order chi connectivity index (χ0) is 74.2. The van der Waals surface area contributed by atoms with E-state index in [9.17, 15) is 60.0 Å². The van der Waals surface area contributed by atoms with Crippen molar-refractivity contribution < 1.29 is 123 Å². The monoisotopic (exact) mass is 1530 g/mol. The molecule has 0 bridgehead atoms. The molecule has 9 rings (SSSR count). The number of aliphatic hydroxyl groups is 10. The largest absolute Gasteiger partial charge is 0.494 e. The maximum absolute atomic E-state index is 12.2. The third-order valence-electron chi connectivity index (χ3n) is 16.1. The lowest BCUT2D eigenvalue weighted by atomic mass is 9.89. The second-order valence-electron chi connectivity index (χ2n) is 24.0. The molecule has 0 radical (unpaired) electrons. The first-order valence-electron chi connectivity index (χ1n) is 32.8. The van der Waals surface area contributed by atoms with Crippen molar-refractivity contribution in [1.82, 2.24) is 0 Å². The summed E-state index contributed by atoms with van der Waals surface area (Å²) in [5.41, 5.74) is 7.26. The van der Waals surface area contributed by atoms with Gasteiger partial charge >= 0.3 is 23.9 Å². The first kappa shape index (κ1) is 94.0. The summed E-state index contributed by atoms with van der Waals surface area (Å²) in [6.07, 6.45) is -16.6. The summed E-state index contributed by atoms with van der Waals surface area (Å²) in [6, 6.07) is 38.7. The van der Waals surface area contributed by atoms with Gasteiger partial charge in [0.15, 0.2) is 18.3 Å². The lowest BCUT2D eigenvalue weighted by Gasteiger charge is -2.44. The van der Waals surface area contributed by atoms with Crippen LogP contribution in [0.25, 0.3) is 0 Å². The lowest BCUT2D eigenvalue weighted by molar-refractivity contribution is -0.254. The number of aliphatic hydroxyl groups excluding tert-OH is 10. The van der Waals surface area contributed by atoms with E-state index in [4.69, 9.17) is 92.4 Å². The maximum Gasteiger partial charge on any atom is 0.303 e. The van der Waals surface area contributed by atoms with Gasteiger partial charge in [0.05, 0.1) is 45.7 Å². The average molecular weight is 1540 g/mol. The number of hydrogen-bond donors (Lipinski definition) is 10. The predicted molar refractivity (Wildman–Crippen MR) is 395 cm³/mol. The van der Waals surface area contributed by atoms with Crippen LogP contribution in [0, 0.1) is 0 Å². The van der Waals surface area contributed by atoms with Gasteiger partial charge in [-0.2, -0.15) is 0 Å². The Balaban J connectivity index is 0.000000518. The molecule has 3 fully saturated rings. The number of halogens is 3. The molecule has 16 atom stereocenters. The highest BCUT2D eigenvalue weighted by Crippen LogP contribution is 2.41. The van der Waals surface area contributed by atoms with Gasteiger partial charge < -0.3 is 104 Å². The highest BCUT2D eigenvalue weighted by atomic mass is 35.5. The van der Waals surface area contributed by atoms with Crippen LogP contribution in [0.3, 0.4) is 0 Å². The first-order valence-corrected chi connectivity index (χ1v) is 34.0. The van der Waals surface area contributed by atoms with Gasteiger partial charge in [0.1, 0.15) is 97.1 Å². The van der Waals surface area contributed by atoms with Gasteiger partial charge in [0, 0.05) is 42.8 Å². The first-order chi connectivity index (χ1) is 48.1. The van der Waals surface area contributed by atoms with E-state index in [-0.39, 0.29) is 41.0 Å². The summed E-state index contributed by atoms with van der Waals surface area (Å²) in [7, 11) is 0. The fourth-order valence-corrected chi connectivity index (χ4v) is 11.8. The Kier molecular flexibility index (Phi) is 41.4. The third kappa shape index (κ3) is 27.6. The molecule has 6 aromatic carbocycles. The predicted octanol–water partition coefficient (Wildman–Crippen LogP) is 8.26. The highest BCUT2D eigenvalue weighted by Gasteiger charge is 2.53. The minimum absolute atomic E-state index is 0. The zero-order valence-electron chi connectivity index (χ0n) is 57.8. The molecule has 12 N–H and O–H groups in total. The van der Waals surface area contributed by atoms with Crippen LogP contribution in [-0.2, 0) is 71.6 Å². The van der Waals surface area contributed by atoms with Crippen LogP contribution in [0.4, 0.5) is 0 Å². The molecule has 6 aromatic rings. The van der Waals surface area contributed by atoms with E-state index in [0.717, 1.165) is 50.6 Å². The molecule has 0 saturated carbocycles. The Morgan fingerprint density at radius 3 is 1.00 bits per heavy atom. The number of esters is 4. The van der Waals surface area contributed by atoms with E-state index in [1.807, 2.05) is 106 Å². The third-order valence-corrected chi connectivity index (χ3v) is 17.2. The molecule has 0 unspecified atom stereocenters. The van der Waals surface area contributed by atoms with Gasteiger partial charge in [-0.1, -0.05) is 130 Å². The molecule has 25 nitrogen and oxygen atoms in total. The van der Waals surface area contributed by atoms with Crippen molar-refractivity contribution in [3.63, 3.8) is 0 Å². The van der Waals surface area contributed by atoms with Crippen LogP contribution in [-0.4, -0.2) is 206 Å². The Hall–Kier alpha value is -7.09. The minimum atomic E-state index is -1.42. The Morgan fingerprint density at radius 1 is 0.419 bits per heavy atom. The topological polar surface area (TPSA) is 394 Å².